The number of furan rings is 1. The van der Waals surface area contributed by atoms with Gasteiger partial charge in [0.25, 0.3) is 0 Å². The molecule has 0 aliphatic carbocycles. The van der Waals surface area contributed by atoms with E-state index in [4.69, 9.17) is 4.42 Å². The Morgan fingerprint density at radius 3 is 2.67 bits per heavy atom. The van der Waals surface area contributed by atoms with Crippen molar-refractivity contribution in [2.45, 2.75) is 32.7 Å². The number of likely N-dealkylation sites (tertiary alicyclic amines) is 1. The topological polar surface area (TPSA) is 62.6 Å². The van der Waals surface area contributed by atoms with Gasteiger partial charge in [0.15, 0.2) is 0 Å². The first-order valence-corrected chi connectivity index (χ1v) is 7.37. The molecule has 0 atom stereocenters. The van der Waals surface area contributed by atoms with Crippen LogP contribution in [0.15, 0.2) is 28.9 Å². The lowest BCUT2D eigenvalue weighted by atomic mass is 10.0. The Morgan fingerprint density at radius 2 is 2.10 bits per heavy atom. The third kappa shape index (κ3) is 4.48. The summed E-state index contributed by atoms with van der Waals surface area (Å²) in [7, 11) is 0. The molecule has 1 aliphatic heterocycles. The Morgan fingerprint density at radius 1 is 1.38 bits per heavy atom. The van der Waals surface area contributed by atoms with Crippen LogP contribution in [0.3, 0.4) is 0 Å². The summed E-state index contributed by atoms with van der Waals surface area (Å²) >= 11 is 0. The third-order valence-corrected chi connectivity index (χ3v) is 3.59. The van der Waals surface area contributed by atoms with Gasteiger partial charge in [0.05, 0.1) is 6.26 Å². The molecule has 0 radical (unpaired) electrons. The van der Waals surface area contributed by atoms with E-state index in [0.29, 0.717) is 18.8 Å². The summed E-state index contributed by atoms with van der Waals surface area (Å²) in [6, 6.07) is 3.70. The van der Waals surface area contributed by atoms with E-state index in [-0.39, 0.29) is 23.8 Å². The van der Waals surface area contributed by atoms with Gasteiger partial charge < -0.3 is 14.6 Å². The molecule has 5 nitrogen and oxygen atoms in total. The number of nitrogens with one attached hydrogen (secondary N) is 1. The molecule has 0 saturated carbocycles. The average molecular weight is 290 g/mol. The molecule has 1 fully saturated rings. The van der Waals surface area contributed by atoms with Gasteiger partial charge in [0.2, 0.25) is 11.8 Å². The van der Waals surface area contributed by atoms with Crippen LogP contribution in [0, 0.1) is 5.92 Å². The van der Waals surface area contributed by atoms with E-state index in [1.165, 1.54) is 6.08 Å². The molecule has 2 heterocycles. The Kier molecular flexibility index (Phi) is 5.20. The van der Waals surface area contributed by atoms with Crippen molar-refractivity contribution >= 4 is 17.9 Å². The zero-order chi connectivity index (χ0) is 15.2. The van der Waals surface area contributed by atoms with Crippen LogP contribution in [0.4, 0.5) is 0 Å². The molecule has 1 aliphatic rings. The first kappa shape index (κ1) is 15.4. The molecule has 1 saturated heterocycles. The van der Waals surface area contributed by atoms with Crippen LogP contribution in [0.25, 0.3) is 6.08 Å². The second kappa shape index (κ2) is 7.11. The molecular weight excluding hydrogens is 268 g/mol. The summed E-state index contributed by atoms with van der Waals surface area (Å²) in [5, 5.41) is 2.96. The highest BCUT2D eigenvalue weighted by atomic mass is 16.3. The van der Waals surface area contributed by atoms with E-state index in [9.17, 15) is 9.59 Å². The van der Waals surface area contributed by atoms with E-state index >= 15 is 0 Å². The fourth-order valence-corrected chi connectivity index (χ4v) is 2.40. The van der Waals surface area contributed by atoms with E-state index in [0.717, 1.165) is 12.8 Å². The third-order valence-electron chi connectivity index (χ3n) is 3.59. The number of piperidine rings is 1. The maximum atomic E-state index is 11.9. The lowest BCUT2D eigenvalue weighted by Crippen LogP contribution is -2.47. The van der Waals surface area contributed by atoms with Crippen LogP contribution in [-0.4, -0.2) is 35.8 Å². The smallest absolute Gasteiger partial charge is 0.244 e. The first-order valence-electron chi connectivity index (χ1n) is 7.37. The van der Waals surface area contributed by atoms with Crippen molar-refractivity contribution in [3.8, 4) is 0 Å². The summed E-state index contributed by atoms with van der Waals surface area (Å²) < 4.78 is 5.13. The van der Waals surface area contributed by atoms with Crippen molar-refractivity contribution in [2.75, 3.05) is 13.1 Å². The minimum absolute atomic E-state index is 0.0346. The fourth-order valence-electron chi connectivity index (χ4n) is 2.40. The van der Waals surface area contributed by atoms with Crippen molar-refractivity contribution in [1.82, 2.24) is 10.2 Å². The molecule has 0 unspecified atom stereocenters. The number of amides is 2. The second-order valence-electron chi connectivity index (χ2n) is 5.61. The lowest BCUT2D eigenvalue weighted by molar-refractivity contribution is -0.135. The molecule has 0 bridgehead atoms. The van der Waals surface area contributed by atoms with Crippen molar-refractivity contribution in [3.63, 3.8) is 0 Å². The van der Waals surface area contributed by atoms with Crippen molar-refractivity contribution in [3.05, 3.63) is 30.2 Å². The number of nitrogens with zero attached hydrogens (tertiary/aromatic N) is 1. The maximum Gasteiger partial charge on any atom is 0.244 e. The summed E-state index contributed by atoms with van der Waals surface area (Å²) in [6.45, 7) is 5.25. The van der Waals surface area contributed by atoms with Crippen LogP contribution >= 0.6 is 0 Å². The zero-order valence-electron chi connectivity index (χ0n) is 12.5. The molecule has 2 amide bonds. The highest BCUT2D eigenvalue weighted by molar-refractivity contribution is 5.91. The number of hydrogen-bond acceptors (Lipinski definition) is 3. The predicted molar refractivity (Wildman–Crippen MR) is 80.3 cm³/mol. The summed E-state index contributed by atoms with van der Waals surface area (Å²) in [6.07, 6.45) is 6.30. The normalized spacial score (nSPS) is 16.6. The minimum Gasteiger partial charge on any atom is -0.465 e. The molecule has 114 valence electrons. The van der Waals surface area contributed by atoms with Gasteiger partial charge in [-0.2, -0.15) is 0 Å². The van der Waals surface area contributed by atoms with E-state index < -0.39 is 0 Å². The van der Waals surface area contributed by atoms with Crippen molar-refractivity contribution in [2.24, 2.45) is 5.92 Å². The monoisotopic (exact) mass is 290 g/mol. The lowest BCUT2D eigenvalue weighted by Gasteiger charge is -2.33. The van der Waals surface area contributed by atoms with Gasteiger partial charge in [-0.1, -0.05) is 13.8 Å². The van der Waals surface area contributed by atoms with Gasteiger partial charge in [-0.25, -0.2) is 0 Å². The maximum absolute atomic E-state index is 11.9. The number of carbonyl (C=O) groups excluding carboxylic acids is 2. The molecule has 21 heavy (non-hydrogen) atoms. The van der Waals surface area contributed by atoms with Gasteiger partial charge in [-0.05, 0) is 31.1 Å². The minimum atomic E-state index is -0.125. The largest absolute Gasteiger partial charge is 0.465 e. The highest BCUT2D eigenvalue weighted by Gasteiger charge is 2.24. The summed E-state index contributed by atoms with van der Waals surface area (Å²) in [4.78, 5) is 25.6. The molecule has 1 N–H and O–H groups in total. The van der Waals surface area contributed by atoms with Gasteiger partial charge in [0, 0.05) is 31.1 Å². The molecule has 5 heteroatoms. The standard InChI is InChI=1S/C16H22N2O3/c1-12(2)16(20)18-9-7-13(8-10-18)17-15(19)6-5-14-4-3-11-21-14/h3-6,11-13H,7-10H2,1-2H3,(H,17,19)/b6-5+. The van der Waals surface area contributed by atoms with E-state index in [1.54, 1.807) is 24.5 Å². The molecule has 2 rings (SSSR count). The van der Waals surface area contributed by atoms with Crippen molar-refractivity contribution < 1.29 is 14.0 Å². The van der Waals surface area contributed by atoms with Crippen LogP contribution in [0.2, 0.25) is 0 Å². The van der Waals surface area contributed by atoms with Crippen LogP contribution < -0.4 is 5.32 Å². The van der Waals surface area contributed by atoms with Gasteiger partial charge in [-0.15, -0.1) is 0 Å². The molecule has 0 aromatic carbocycles. The Balaban J connectivity index is 1.75. The van der Waals surface area contributed by atoms with Gasteiger partial charge in [-0.3, -0.25) is 9.59 Å². The quantitative estimate of drug-likeness (QED) is 0.863. The van der Waals surface area contributed by atoms with Gasteiger partial charge >= 0.3 is 0 Å². The van der Waals surface area contributed by atoms with Gasteiger partial charge in [0.1, 0.15) is 5.76 Å². The van der Waals surface area contributed by atoms with Crippen LogP contribution in [0.1, 0.15) is 32.4 Å². The summed E-state index contributed by atoms with van der Waals surface area (Å²) in [5.74, 6) is 0.757. The Hall–Kier alpha value is -2.04. The number of rotatable bonds is 4. The van der Waals surface area contributed by atoms with Crippen LogP contribution in [-0.2, 0) is 9.59 Å². The Labute approximate surface area is 125 Å². The second-order valence-corrected chi connectivity index (χ2v) is 5.61. The SMILES string of the molecule is CC(C)C(=O)N1CCC(NC(=O)/C=C/c2ccco2)CC1. The number of carbonyl (C=O) groups is 2. The van der Waals surface area contributed by atoms with Crippen molar-refractivity contribution in [1.29, 1.82) is 0 Å². The zero-order valence-corrected chi connectivity index (χ0v) is 12.5. The van der Waals surface area contributed by atoms with E-state index in [1.807, 2.05) is 18.7 Å². The fraction of sp³-hybridized carbons (Fsp3) is 0.500. The molecular formula is C16H22N2O3. The molecule has 1 aromatic rings. The summed E-state index contributed by atoms with van der Waals surface area (Å²) in [5.41, 5.74) is 0. The molecule has 1 aromatic heterocycles. The number of hydrogen-bond donors (Lipinski definition) is 1. The predicted octanol–water partition coefficient (Wildman–Crippen LogP) is 2.06. The average Bonchev–Trinajstić information content (AvgIpc) is 2.98. The van der Waals surface area contributed by atoms with Crippen LogP contribution in [0.5, 0.6) is 0 Å². The molecule has 0 spiro atoms. The first-order chi connectivity index (χ1) is 10.1. The highest BCUT2D eigenvalue weighted by Crippen LogP contribution is 2.13. The Bertz CT molecular complexity index is 498. The van der Waals surface area contributed by atoms with E-state index in [2.05, 4.69) is 5.32 Å².